The lowest BCUT2D eigenvalue weighted by molar-refractivity contribution is 0.470. The molecule has 1 heterocycles. The van der Waals surface area contributed by atoms with E-state index in [4.69, 9.17) is 0 Å². The summed E-state index contributed by atoms with van der Waals surface area (Å²) < 4.78 is 0. The third-order valence-electron chi connectivity index (χ3n) is 2.76. The standard InChI is InChI=1S/C12H16N2O.BrH/c1-8-6-11(15)9(2)5-10(8)7-12-13-3-4-14-12;/h5-6,15H,3-4,7H2,1-2H3,(H,13,14);1H. The van der Waals surface area contributed by atoms with E-state index in [0.29, 0.717) is 5.75 Å². The van der Waals surface area contributed by atoms with Crippen molar-refractivity contribution in [3.8, 4) is 5.75 Å². The van der Waals surface area contributed by atoms with Gasteiger partial charge in [0.15, 0.2) is 0 Å². The van der Waals surface area contributed by atoms with Crippen LogP contribution in [0.3, 0.4) is 0 Å². The molecule has 1 aliphatic heterocycles. The van der Waals surface area contributed by atoms with Crippen molar-refractivity contribution in [3.05, 3.63) is 28.8 Å². The number of amidine groups is 1. The molecule has 0 fully saturated rings. The second-order valence-corrected chi connectivity index (χ2v) is 4.00. The lowest BCUT2D eigenvalue weighted by atomic mass is 10.0. The predicted molar refractivity (Wildman–Crippen MR) is 71.9 cm³/mol. The van der Waals surface area contributed by atoms with E-state index < -0.39 is 0 Å². The highest BCUT2D eigenvalue weighted by molar-refractivity contribution is 8.93. The molecule has 0 aliphatic carbocycles. The summed E-state index contributed by atoms with van der Waals surface area (Å²) >= 11 is 0. The van der Waals surface area contributed by atoms with Crippen molar-refractivity contribution in [1.29, 1.82) is 0 Å². The van der Waals surface area contributed by atoms with Gasteiger partial charge in [0.25, 0.3) is 0 Å². The molecule has 0 spiro atoms. The average Bonchev–Trinajstić information content (AvgIpc) is 2.67. The minimum atomic E-state index is 0. The van der Waals surface area contributed by atoms with Crippen molar-refractivity contribution in [1.82, 2.24) is 5.32 Å². The fraction of sp³-hybridized carbons (Fsp3) is 0.417. The lowest BCUT2D eigenvalue weighted by Crippen LogP contribution is -2.20. The van der Waals surface area contributed by atoms with Crippen molar-refractivity contribution < 1.29 is 5.11 Å². The third-order valence-corrected chi connectivity index (χ3v) is 2.76. The first kappa shape index (κ1) is 13.0. The number of phenolic OH excluding ortho intramolecular Hbond substituents is 1. The molecule has 3 nitrogen and oxygen atoms in total. The molecule has 1 aromatic carbocycles. The van der Waals surface area contributed by atoms with E-state index in [1.54, 1.807) is 0 Å². The number of nitrogens with zero attached hydrogens (tertiary/aromatic N) is 1. The maximum Gasteiger partial charge on any atom is 0.118 e. The Morgan fingerprint density at radius 2 is 2.06 bits per heavy atom. The monoisotopic (exact) mass is 284 g/mol. The second-order valence-electron chi connectivity index (χ2n) is 4.00. The maximum atomic E-state index is 9.54. The van der Waals surface area contributed by atoms with Crippen LogP contribution in [-0.2, 0) is 6.42 Å². The summed E-state index contributed by atoms with van der Waals surface area (Å²) in [6.07, 6.45) is 0.840. The molecule has 0 bridgehead atoms. The van der Waals surface area contributed by atoms with Crippen molar-refractivity contribution in [3.63, 3.8) is 0 Å². The number of aromatic hydroxyl groups is 1. The third kappa shape index (κ3) is 2.76. The minimum absolute atomic E-state index is 0. The molecule has 0 saturated heterocycles. The molecule has 1 aromatic rings. The minimum Gasteiger partial charge on any atom is -0.508 e. The molecule has 0 saturated carbocycles. The topological polar surface area (TPSA) is 44.6 Å². The fourth-order valence-corrected chi connectivity index (χ4v) is 1.80. The SMILES string of the molecule is Br.Cc1cc(CC2=NCCN2)c(C)cc1O. The maximum absolute atomic E-state index is 9.54. The van der Waals surface area contributed by atoms with Crippen molar-refractivity contribution in [2.24, 2.45) is 4.99 Å². The van der Waals surface area contributed by atoms with Gasteiger partial charge in [-0.15, -0.1) is 17.0 Å². The largest absolute Gasteiger partial charge is 0.508 e. The highest BCUT2D eigenvalue weighted by Crippen LogP contribution is 2.21. The zero-order valence-corrected chi connectivity index (χ0v) is 11.3. The molecule has 2 rings (SSSR count). The second kappa shape index (κ2) is 5.34. The number of benzene rings is 1. The van der Waals surface area contributed by atoms with Crippen molar-refractivity contribution in [2.45, 2.75) is 20.3 Å². The smallest absolute Gasteiger partial charge is 0.118 e. The van der Waals surface area contributed by atoms with Crippen LogP contribution in [0.25, 0.3) is 0 Å². The van der Waals surface area contributed by atoms with Gasteiger partial charge in [-0.05, 0) is 36.6 Å². The molecular formula is C12H17BrN2O. The summed E-state index contributed by atoms with van der Waals surface area (Å²) in [5, 5.41) is 12.8. The summed E-state index contributed by atoms with van der Waals surface area (Å²) in [5.74, 6) is 1.43. The Balaban J connectivity index is 0.00000128. The Hall–Kier alpha value is -1.03. The van der Waals surface area contributed by atoms with Gasteiger partial charge in [-0.1, -0.05) is 6.07 Å². The van der Waals surface area contributed by atoms with E-state index >= 15 is 0 Å². The molecule has 2 N–H and O–H groups in total. The summed E-state index contributed by atoms with van der Waals surface area (Å²) in [4.78, 5) is 4.37. The number of aliphatic imine (C=N–C) groups is 1. The fourth-order valence-electron chi connectivity index (χ4n) is 1.80. The van der Waals surface area contributed by atoms with Gasteiger partial charge in [0.05, 0.1) is 6.54 Å². The summed E-state index contributed by atoms with van der Waals surface area (Å²) in [6, 6.07) is 3.85. The van der Waals surface area contributed by atoms with Crippen LogP contribution >= 0.6 is 17.0 Å². The number of nitrogens with one attached hydrogen (secondary N) is 1. The van der Waals surface area contributed by atoms with Crippen LogP contribution in [-0.4, -0.2) is 24.0 Å². The first-order chi connectivity index (χ1) is 7.16. The number of halogens is 1. The average molecular weight is 285 g/mol. The molecule has 0 amide bonds. The van der Waals surface area contributed by atoms with Crippen LogP contribution in [0.1, 0.15) is 16.7 Å². The van der Waals surface area contributed by atoms with Gasteiger partial charge in [-0.3, -0.25) is 4.99 Å². The van der Waals surface area contributed by atoms with Crippen LogP contribution in [0.5, 0.6) is 5.75 Å². The van der Waals surface area contributed by atoms with E-state index in [2.05, 4.69) is 10.3 Å². The molecule has 0 aromatic heterocycles. The van der Waals surface area contributed by atoms with E-state index in [1.165, 1.54) is 5.56 Å². The molecular weight excluding hydrogens is 268 g/mol. The van der Waals surface area contributed by atoms with Crippen molar-refractivity contribution >= 4 is 22.8 Å². The number of rotatable bonds is 2. The molecule has 0 radical (unpaired) electrons. The Kier molecular flexibility index (Phi) is 4.35. The zero-order valence-electron chi connectivity index (χ0n) is 9.58. The Morgan fingerprint density at radius 3 is 2.69 bits per heavy atom. The van der Waals surface area contributed by atoms with Gasteiger partial charge >= 0.3 is 0 Å². The number of hydrogen-bond donors (Lipinski definition) is 2. The predicted octanol–water partition coefficient (Wildman–Crippen LogP) is 2.13. The van der Waals surface area contributed by atoms with Crippen LogP contribution in [0.2, 0.25) is 0 Å². The van der Waals surface area contributed by atoms with Crippen LogP contribution in [0.4, 0.5) is 0 Å². The summed E-state index contributed by atoms with van der Waals surface area (Å²) in [6.45, 7) is 5.77. The highest BCUT2D eigenvalue weighted by atomic mass is 79.9. The van der Waals surface area contributed by atoms with E-state index in [-0.39, 0.29) is 17.0 Å². The van der Waals surface area contributed by atoms with Gasteiger partial charge in [0.2, 0.25) is 0 Å². The molecule has 88 valence electrons. The Bertz CT molecular complexity index is 416. The van der Waals surface area contributed by atoms with Gasteiger partial charge in [-0.2, -0.15) is 0 Å². The van der Waals surface area contributed by atoms with Gasteiger partial charge in [0, 0.05) is 13.0 Å². The highest BCUT2D eigenvalue weighted by Gasteiger charge is 2.09. The molecule has 4 heteroatoms. The van der Waals surface area contributed by atoms with Crippen LogP contribution in [0, 0.1) is 13.8 Å². The lowest BCUT2D eigenvalue weighted by Gasteiger charge is -2.09. The first-order valence-corrected chi connectivity index (χ1v) is 5.23. The molecule has 16 heavy (non-hydrogen) atoms. The van der Waals surface area contributed by atoms with Gasteiger partial charge in [0.1, 0.15) is 11.6 Å². The van der Waals surface area contributed by atoms with Gasteiger partial charge in [-0.25, -0.2) is 0 Å². The summed E-state index contributed by atoms with van der Waals surface area (Å²) in [5.41, 5.74) is 3.28. The molecule has 1 aliphatic rings. The van der Waals surface area contributed by atoms with E-state index in [0.717, 1.165) is 36.5 Å². The van der Waals surface area contributed by atoms with Crippen LogP contribution in [0.15, 0.2) is 17.1 Å². The van der Waals surface area contributed by atoms with E-state index in [1.807, 2.05) is 26.0 Å². The van der Waals surface area contributed by atoms with Crippen LogP contribution < -0.4 is 5.32 Å². The van der Waals surface area contributed by atoms with E-state index in [9.17, 15) is 5.11 Å². The molecule has 0 unspecified atom stereocenters. The quantitative estimate of drug-likeness (QED) is 0.874. The van der Waals surface area contributed by atoms with Crippen molar-refractivity contribution in [2.75, 3.05) is 13.1 Å². The number of hydrogen-bond acceptors (Lipinski definition) is 3. The van der Waals surface area contributed by atoms with Gasteiger partial charge < -0.3 is 10.4 Å². The summed E-state index contributed by atoms with van der Waals surface area (Å²) in [7, 11) is 0. The first-order valence-electron chi connectivity index (χ1n) is 5.23. The normalized spacial score (nSPS) is 14.0. The number of aryl methyl sites for hydroxylation is 2. The number of phenols is 1. The Morgan fingerprint density at radius 1 is 1.31 bits per heavy atom. The zero-order chi connectivity index (χ0) is 10.8. The molecule has 0 atom stereocenters. The Labute approximate surface area is 106 Å².